The quantitative estimate of drug-likeness (QED) is 0.202. The van der Waals surface area contributed by atoms with Gasteiger partial charge in [0.1, 0.15) is 5.82 Å². The lowest BCUT2D eigenvalue weighted by atomic mass is 9.88. The third kappa shape index (κ3) is 7.66. The van der Waals surface area contributed by atoms with Crippen molar-refractivity contribution >= 4 is 0 Å². The highest BCUT2D eigenvalue weighted by Gasteiger charge is 2.25. The molecule has 0 spiro atoms. The van der Waals surface area contributed by atoms with Crippen molar-refractivity contribution in [2.45, 2.75) is 90.1 Å². The van der Waals surface area contributed by atoms with Crippen molar-refractivity contribution in [2.75, 3.05) is 13.2 Å². The van der Waals surface area contributed by atoms with E-state index in [9.17, 15) is 8.78 Å². The molecule has 0 aromatic heterocycles. The lowest BCUT2D eigenvalue weighted by molar-refractivity contribution is -0.00273. The molecule has 1 aliphatic rings. The van der Waals surface area contributed by atoms with E-state index in [1.165, 1.54) is 44.2 Å². The van der Waals surface area contributed by atoms with Gasteiger partial charge in [-0.3, -0.25) is 0 Å². The summed E-state index contributed by atoms with van der Waals surface area (Å²) >= 11 is 0. The van der Waals surface area contributed by atoms with Crippen molar-refractivity contribution in [3.63, 3.8) is 0 Å². The Morgan fingerprint density at radius 1 is 0.744 bits per heavy atom. The Kier molecular flexibility index (Phi) is 10.9. The first-order valence-electron chi connectivity index (χ1n) is 14.6. The Bertz CT molecular complexity index is 1180. The van der Waals surface area contributed by atoms with Crippen molar-refractivity contribution in [1.82, 2.24) is 0 Å². The number of hydrogen-bond donors (Lipinski definition) is 0. The monoisotopic (exact) mass is 538 g/mol. The van der Waals surface area contributed by atoms with Crippen LogP contribution in [0.25, 0.3) is 22.3 Å². The fourth-order valence-corrected chi connectivity index (χ4v) is 5.33. The van der Waals surface area contributed by atoms with Crippen LogP contribution in [0.1, 0.15) is 89.5 Å². The Morgan fingerprint density at radius 2 is 1.46 bits per heavy atom. The van der Waals surface area contributed by atoms with Crippen LogP contribution in [-0.2, 0) is 4.74 Å². The summed E-state index contributed by atoms with van der Waals surface area (Å²) < 4.78 is 55.9. The lowest BCUT2D eigenvalue weighted by Gasteiger charge is -2.29. The van der Waals surface area contributed by atoms with Gasteiger partial charge in [0.2, 0.25) is 5.82 Å². The van der Waals surface area contributed by atoms with Gasteiger partial charge >= 0.3 is 0 Å². The topological polar surface area (TPSA) is 18.5 Å². The SMILES string of the molecule is CCCCCCCC1CCC(c2ccc(-c3ccc(-c4ccc(OCCCC)c(F)c4F)cc3)cc2F)CO1. The zero-order valence-corrected chi connectivity index (χ0v) is 23.3. The molecule has 5 heteroatoms. The van der Waals surface area contributed by atoms with Crippen molar-refractivity contribution in [1.29, 1.82) is 0 Å². The first-order chi connectivity index (χ1) is 19.0. The Hall–Kier alpha value is -2.79. The molecular weight excluding hydrogens is 497 g/mol. The molecular formula is C34H41F3O2. The minimum absolute atomic E-state index is 0.0711. The molecule has 0 bridgehead atoms. The van der Waals surface area contributed by atoms with Crippen LogP contribution in [0.5, 0.6) is 5.75 Å². The van der Waals surface area contributed by atoms with Gasteiger partial charge < -0.3 is 9.47 Å². The van der Waals surface area contributed by atoms with E-state index in [0.717, 1.165) is 43.2 Å². The van der Waals surface area contributed by atoms with Crippen LogP contribution >= 0.6 is 0 Å². The maximum Gasteiger partial charge on any atom is 0.201 e. The van der Waals surface area contributed by atoms with E-state index in [1.54, 1.807) is 18.2 Å². The molecule has 1 saturated heterocycles. The van der Waals surface area contributed by atoms with Gasteiger partial charge in [0, 0.05) is 11.5 Å². The molecule has 0 N–H and O–H groups in total. The summed E-state index contributed by atoms with van der Waals surface area (Å²) in [5, 5.41) is 0. The highest BCUT2D eigenvalue weighted by atomic mass is 19.2. The van der Waals surface area contributed by atoms with Gasteiger partial charge in [-0.1, -0.05) is 88.8 Å². The zero-order chi connectivity index (χ0) is 27.6. The summed E-state index contributed by atoms with van der Waals surface area (Å²) in [4.78, 5) is 0. The van der Waals surface area contributed by atoms with Gasteiger partial charge in [-0.05, 0) is 66.1 Å². The molecule has 1 heterocycles. The van der Waals surface area contributed by atoms with Crippen molar-refractivity contribution in [2.24, 2.45) is 0 Å². The largest absolute Gasteiger partial charge is 0.490 e. The number of unbranched alkanes of at least 4 members (excludes halogenated alkanes) is 5. The third-order valence-electron chi connectivity index (χ3n) is 7.77. The Balaban J connectivity index is 1.37. The standard InChI is InChI=1S/C34H41F3O2/c1-3-5-7-8-9-10-28-17-15-27(23-39-28)29-18-16-26(22-31(29)35)24-11-13-25(14-12-24)30-19-20-32(34(37)33(30)36)38-21-6-4-2/h11-14,16,18-20,22,27-28H,3-10,15,17,21,23H2,1-2H3. The van der Waals surface area contributed by atoms with Crippen LogP contribution in [-0.4, -0.2) is 19.3 Å². The minimum atomic E-state index is -0.977. The summed E-state index contributed by atoms with van der Waals surface area (Å²) in [5.41, 5.74) is 2.98. The molecule has 3 aromatic rings. The van der Waals surface area contributed by atoms with Crippen LogP contribution in [0.4, 0.5) is 13.2 Å². The molecule has 3 aromatic carbocycles. The molecule has 0 radical (unpaired) electrons. The predicted molar refractivity (Wildman–Crippen MR) is 153 cm³/mol. The van der Waals surface area contributed by atoms with E-state index < -0.39 is 11.6 Å². The second kappa shape index (κ2) is 14.6. The number of hydrogen-bond acceptors (Lipinski definition) is 2. The smallest absolute Gasteiger partial charge is 0.201 e. The fraction of sp³-hybridized carbons (Fsp3) is 0.471. The molecule has 1 aliphatic heterocycles. The summed E-state index contributed by atoms with van der Waals surface area (Å²) in [6.07, 6.45) is 11.3. The minimum Gasteiger partial charge on any atom is -0.490 e. The van der Waals surface area contributed by atoms with E-state index in [1.807, 2.05) is 31.2 Å². The number of halogens is 3. The molecule has 2 nitrogen and oxygen atoms in total. The van der Waals surface area contributed by atoms with E-state index in [2.05, 4.69) is 6.92 Å². The van der Waals surface area contributed by atoms with E-state index in [0.29, 0.717) is 30.4 Å². The summed E-state index contributed by atoms with van der Waals surface area (Å²) in [7, 11) is 0. The highest BCUT2D eigenvalue weighted by molar-refractivity contribution is 5.71. The van der Waals surface area contributed by atoms with Crippen LogP contribution in [0, 0.1) is 17.5 Å². The van der Waals surface area contributed by atoms with Gasteiger partial charge in [-0.2, -0.15) is 4.39 Å². The van der Waals surface area contributed by atoms with Crippen LogP contribution in [0.15, 0.2) is 54.6 Å². The average molecular weight is 539 g/mol. The molecule has 1 fully saturated rings. The number of ether oxygens (including phenoxy) is 2. The molecule has 2 unspecified atom stereocenters. The Labute approximate surface area is 231 Å². The number of benzene rings is 3. The molecule has 39 heavy (non-hydrogen) atoms. The molecule has 0 saturated carbocycles. The Morgan fingerprint density at radius 3 is 2.15 bits per heavy atom. The highest BCUT2D eigenvalue weighted by Crippen LogP contribution is 2.35. The van der Waals surface area contributed by atoms with E-state index in [-0.39, 0.29) is 23.0 Å². The van der Waals surface area contributed by atoms with Crippen molar-refractivity contribution in [3.05, 3.63) is 77.6 Å². The lowest BCUT2D eigenvalue weighted by Crippen LogP contribution is -2.25. The first kappa shape index (κ1) is 29.2. The molecule has 0 amide bonds. The summed E-state index contributed by atoms with van der Waals surface area (Å²) in [6, 6.07) is 15.4. The summed E-state index contributed by atoms with van der Waals surface area (Å²) in [5.74, 6) is -2.13. The maximum absolute atomic E-state index is 15.2. The molecule has 210 valence electrons. The second-order valence-electron chi connectivity index (χ2n) is 10.7. The van der Waals surface area contributed by atoms with Crippen LogP contribution < -0.4 is 4.74 Å². The van der Waals surface area contributed by atoms with Gasteiger partial charge in [0.25, 0.3) is 0 Å². The maximum atomic E-state index is 15.2. The molecule has 4 rings (SSSR count). The zero-order valence-electron chi connectivity index (χ0n) is 23.3. The second-order valence-corrected chi connectivity index (χ2v) is 10.7. The van der Waals surface area contributed by atoms with Gasteiger partial charge in [-0.15, -0.1) is 0 Å². The molecule has 2 atom stereocenters. The van der Waals surface area contributed by atoms with Crippen LogP contribution in [0.2, 0.25) is 0 Å². The van der Waals surface area contributed by atoms with Crippen LogP contribution in [0.3, 0.4) is 0 Å². The van der Waals surface area contributed by atoms with E-state index >= 15 is 4.39 Å². The van der Waals surface area contributed by atoms with Gasteiger partial charge in [0.15, 0.2) is 11.6 Å². The predicted octanol–water partition coefficient (Wildman–Crippen LogP) is 10.2. The van der Waals surface area contributed by atoms with Gasteiger partial charge in [0.05, 0.1) is 19.3 Å². The van der Waals surface area contributed by atoms with E-state index in [4.69, 9.17) is 9.47 Å². The van der Waals surface area contributed by atoms with Gasteiger partial charge in [-0.25, -0.2) is 8.78 Å². The first-order valence-corrected chi connectivity index (χ1v) is 14.6. The van der Waals surface area contributed by atoms with Crippen molar-refractivity contribution in [3.8, 4) is 28.0 Å². The normalized spacial score (nSPS) is 17.4. The third-order valence-corrected chi connectivity index (χ3v) is 7.77. The number of rotatable bonds is 13. The van der Waals surface area contributed by atoms with Crippen molar-refractivity contribution < 1.29 is 22.6 Å². The average Bonchev–Trinajstić information content (AvgIpc) is 2.96. The summed E-state index contributed by atoms with van der Waals surface area (Å²) in [6.45, 7) is 5.15. The molecule has 0 aliphatic carbocycles. The fourth-order valence-electron chi connectivity index (χ4n) is 5.33.